The number of furan rings is 1. The van der Waals surface area contributed by atoms with Crippen LogP contribution in [0.1, 0.15) is 33.4 Å². The predicted octanol–water partition coefficient (Wildman–Crippen LogP) is 3.94. The molecule has 0 bridgehead atoms. The van der Waals surface area contributed by atoms with Gasteiger partial charge in [-0.2, -0.15) is 0 Å². The molecule has 0 fully saturated rings. The number of aromatic nitrogens is 1. The zero-order valence-electron chi connectivity index (χ0n) is 15.7. The van der Waals surface area contributed by atoms with E-state index in [0.29, 0.717) is 27.8 Å². The molecule has 0 unspecified atom stereocenters. The summed E-state index contributed by atoms with van der Waals surface area (Å²) >= 11 is 1.33. The van der Waals surface area contributed by atoms with Crippen LogP contribution in [-0.2, 0) is 20.9 Å². The second kappa shape index (κ2) is 8.85. The quantitative estimate of drug-likeness (QED) is 0.567. The molecule has 3 aromatic heterocycles. The molecule has 3 rings (SSSR count). The molecule has 0 radical (unpaired) electrons. The van der Waals surface area contributed by atoms with Crippen LogP contribution in [0.25, 0.3) is 11.5 Å². The first-order valence-electron chi connectivity index (χ1n) is 8.63. The van der Waals surface area contributed by atoms with E-state index in [1.807, 2.05) is 13.8 Å². The van der Waals surface area contributed by atoms with Gasteiger partial charge in [-0.15, -0.1) is 11.3 Å². The van der Waals surface area contributed by atoms with E-state index >= 15 is 0 Å². The van der Waals surface area contributed by atoms with Crippen LogP contribution >= 0.6 is 11.3 Å². The third kappa shape index (κ3) is 4.49. The Kier molecular flexibility index (Phi) is 6.27. The highest BCUT2D eigenvalue weighted by atomic mass is 32.1. The summed E-state index contributed by atoms with van der Waals surface area (Å²) in [6.07, 6.45) is 1.54. The zero-order chi connectivity index (χ0) is 20.1. The van der Waals surface area contributed by atoms with Crippen molar-refractivity contribution >= 4 is 28.2 Å². The second-order valence-corrected chi connectivity index (χ2v) is 7.13. The van der Waals surface area contributed by atoms with Gasteiger partial charge in [0.05, 0.1) is 25.0 Å². The van der Waals surface area contributed by atoms with Crippen molar-refractivity contribution in [3.8, 4) is 11.5 Å². The topological polar surface area (TPSA) is 104 Å². The Labute approximate surface area is 165 Å². The third-order valence-electron chi connectivity index (χ3n) is 3.92. The van der Waals surface area contributed by atoms with E-state index in [-0.39, 0.29) is 25.7 Å². The van der Waals surface area contributed by atoms with Crippen LogP contribution < -0.4 is 5.32 Å². The highest BCUT2D eigenvalue weighted by molar-refractivity contribution is 7.16. The Hall–Kier alpha value is -2.91. The number of nitrogens with one attached hydrogen (secondary N) is 1. The summed E-state index contributed by atoms with van der Waals surface area (Å²) < 4.78 is 20.9. The molecule has 0 saturated heterocycles. The molecule has 0 saturated carbocycles. The minimum Gasteiger partial charge on any atom is -0.462 e. The van der Waals surface area contributed by atoms with Gasteiger partial charge < -0.3 is 23.7 Å². The minimum atomic E-state index is -0.450. The molecule has 0 atom stereocenters. The van der Waals surface area contributed by atoms with Gasteiger partial charge in [-0.1, -0.05) is 5.16 Å². The lowest BCUT2D eigenvalue weighted by Gasteiger charge is -2.07. The Morgan fingerprint density at radius 3 is 2.82 bits per heavy atom. The molecule has 0 aromatic carbocycles. The smallest absolute Gasteiger partial charge is 0.341 e. The lowest BCUT2D eigenvalue weighted by molar-refractivity contribution is -0.121. The Bertz CT molecular complexity index is 957. The van der Waals surface area contributed by atoms with E-state index in [9.17, 15) is 9.59 Å². The number of carbonyl (C=O) groups excluding carboxylic acids is 2. The van der Waals surface area contributed by atoms with Crippen molar-refractivity contribution in [3.05, 3.63) is 46.2 Å². The maximum absolute atomic E-state index is 12.2. The maximum Gasteiger partial charge on any atom is 0.341 e. The van der Waals surface area contributed by atoms with Crippen molar-refractivity contribution in [2.24, 2.45) is 0 Å². The summed E-state index contributed by atoms with van der Waals surface area (Å²) in [7, 11) is 0. The molecule has 0 aliphatic heterocycles. The summed E-state index contributed by atoms with van der Waals surface area (Å²) in [6.45, 7) is 5.62. The fraction of sp³-hybridized carbons (Fsp3) is 0.316. The fourth-order valence-electron chi connectivity index (χ4n) is 2.49. The fourth-order valence-corrected chi connectivity index (χ4v) is 3.55. The van der Waals surface area contributed by atoms with Crippen LogP contribution in [0.5, 0.6) is 0 Å². The van der Waals surface area contributed by atoms with Crippen molar-refractivity contribution in [2.75, 3.05) is 18.5 Å². The largest absolute Gasteiger partial charge is 0.462 e. The van der Waals surface area contributed by atoms with Crippen molar-refractivity contribution in [2.45, 2.75) is 27.4 Å². The standard InChI is InChI=1S/C19H20N2O6S/c1-4-25-19(23)17-11(2)12(3)28-18(17)20-16(22)10-24-9-13-8-15(27-21-13)14-6-5-7-26-14/h5-8H,4,9-10H2,1-3H3,(H,20,22). The van der Waals surface area contributed by atoms with Crippen LogP contribution in [-0.4, -0.2) is 30.2 Å². The Balaban J connectivity index is 1.55. The number of carbonyl (C=O) groups is 2. The van der Waals surface area contributed by atoms with Gasteiger partial charge in [-0.05, 0) is 38.5 Å². The van der Waals surface area contributed by atoms with E-state index in [1.54, 1.807) is 25.1 Å². The number of rotatable bonds is 8. The highest BCUT2D eigenvalue weighted by Crippen LogP contribution is 2.33. The molecule has 0 aliphatic carbocycles. The molecule has 3 heterocycles. The van der Waals surface area contributed by atoms with Crippen LogP contribution in [0.3, 0.4) is 0 Å². The van der Waals surface area contributed by atoms with Crippen molar-refractivity contribution in [3.63, 3.8) is 0 Å². The molecule has 0 aliphatic rings. The van der Waals surface area contributed by atoms with Gasteiger partial charge in [-0.3, -0.25) is 4.79 Å². The van der Waals surface area contributed by atoms with Crippen molar-refractivity contribution in [1.82, 2.24) is 5.16 Å². The number of amides is 1. The minimum absolute atomic E-state index is 0.102. The zero-order valence-corrected chi connectivity index (χ0v) is 16.6. The number of anilines is 1. The second-order valence-electron chi connectivity index (χ2n) is 5.91. The van der Waals surface area contributed by atoms with Gasteiger partial charge in [0.15, 0.2) is 5.76 Å². The monoisotopic (exact) mass is 404 g/mol. The number of thiophene rings is 1. The van der Waals surface area contributed by atoms with Gasteiger partial charge in [0.1, 0.15) is 17.3 Å². The lowest BCUT2D eigenvalue weighted by atomic mass is 10.1. The molecule has 3 aromatic rings. The summed E-state index contributed by atoms with van der Waals surface area (Å²) in [5.74, 6) is 0.221. The third-order valence-corrected chi connectivity index (χ3v) is 5.05. The lowest BCUT2D eigenvalue weighted by Crippen LogP contribution is -2.19. The number of esters is 1. The average Bonchev–Trinajstić information content (AvgIpc) is 3.37. The summed E-state index contributed by atoms with van der Waals surface area (Å²) in [4.78, 5) is 25.3. The van der Waals surface area contributed by atoms with Crippen LogP contribution in [0.2, 0.25) is 0 Å². The van der Waals surface area contributed by atoms with E-state index in [0.717, 1.165) is 10.4 Å². The highest BCUT2D eigenvalue weighted by Gasteiger charge is 2.22. The van der Waals surface area contributed by atoms with Crippen LogP contribution in [0.4, 0.5) is 5.00 Å². The van der Waals surface area contributed by atoms with Crippen molar-refractivity contribution < 1.29 is 28.0 Å². The van der Waals surface area contributed by atoms with Gasteiger partial charge in [0.2, 0.25) is 5.76 Å². The van der Waals surface area contributed by atoms with Gasteiger partial charge in [0.25, 0.3) is 5.91 Å². The first kappa shape index (κ1) is 19.8. The van der Waals surface area contributed by atoms with Crippen LogP contribution in [0.15, 0.2) is 33.4 Å². The molecule has 8 nitrogen and oxygen atoms in total. The average molecular weight is 404 g/mol. The molecular formula is C19H20N2O6S. The number of hydrogen-bond acceptors (Lipinski definition) is 8. The van der Waals surface area contributed by atoms with Gasteiger partial charge in [-0.25, -0.2) is 4.79 Å². The summed E-state index contributed by atoms with van der Waals surface area (Å²) in [5, 5.41) is 7.06. The SMILES string of the molecule is CCOC(=O)c1c(NC(=O)COCc2cc(-c3ccco3)on2)sc(C)c1C. The van der Waals surface area contributed by atoms with Crippen LogP contribution in [0, 0.1) is 13.8 Å². The normalized spacial score (nSPS) is 10.8. The number of hydrogen-bond donors (Lipinski definition) is 1. The molecular weight excluding hydrogens is 384 g/mol. The predicted molar refractivity (Wildman–Crippen MR) is 102 cm³/mol. The first-order chi connectivity index (χ1) is 13.5. The first-order valence-corrected chi connectivity index (χ1v) is 9.45. The number of ether oxygens (including phenoxy) is 2. The van der Waals surface area contributed by atoms with E-state index < -0.39 is 5.97 Å². The Morgan fingerprint density at radius 2 is 2.11 bits per heavy atom. The van der Waals surface area contributed by atoms with E-state index in [1.165, 1.54) is 17.6 Å². The molecule has 148 valence electrons. The maximum atomic E-state index is 12.2. The summed E-state index contributed by atoms with van der Waals surface area (Å²) in [5.41, 5.74) is 1.72. The van der Waals surface area contributed by atoms with E-state index in [2.05, 4.69) is 10.5 Å². The van der Waals surface area contributed by atoms with Crippen molar-refractivity contribution in [1.29, 1.82) is 0 Å². The summed E-state index contributed by atoms with van der Waals surface area (Å²) in [6, 6.07) is 5.18. The molecule has 0 spiro atoms. The van der Waals surface area contributed by atoms with E-state index in [4.69, 9.17) is 18.4 Å². The van der Waals surface area contributed by atoms with Gasteiger partial charge in [0, 0.05) is 10.9 Å². The molecule has 28 heavy (non-hydrogen) atoms. The molecule has 1 N–H and O–H groups in total. The molecule has 1 amide bonds. The number of nitrogens with zero attached hydrogens (tertiary/aromatic N) is 1. The van der Waals surface area contributed by atoms with Gasteiger partial charge >= 0.3 is 5.97 Å². The number of aryl methyl sites for hydroxylation is 1. The Morgan fingerprint density at radius 1 is 1.29 bits per heavy atom. The molecule has 9 heteroatoms.